The highest BCUT2D eigenvalue weighted by Crippen LogP contribution is 2.25. The Balaban J connectivity index is 1.68. The molecular weight excluding hydrogens is 338 g/mol. The Bertz CT molecular complexity index is 905. The molecule has 0 saturated heterocycles. The molecule has 1 aromatic carbocycles. The molecule has 0 saturated carbocycles. The molecule has 0 aliphatic heterocycles. The van der Waals surface area contributed by atoms with Crippen LogP contribution in [0.15, 0.2) is 42.7 Å². The average Bonchev–Trinajstić information content (AvgIpc) is 3.02. The minimum absolute atomic E-state index is 0.248. The minimum atomic E-state index is -0.572. The third-order valence-electron chi connectivity index (χ3n) is 3.45. The van der Waals surface area contributed by atoms with Crippen LogP contribution < -0.4 is 0 Å². The number of aromatic nitrogens is 3. The number of Topliss-reactive ketones (excluding diaryl/α,β-unsaturated/α-hetero) is 1. The van der Waals surface area contributed by atoms with Crippen LogP contribution in [0.3, 0.4) is 0 Å². The van der Waals surface area contributed by atoms with E-state index in [0.717, 1.165) is 16.9 Å². The topological polar surface area (TPSA) is 82.0 Å². The highest BCUT2D eigenvalue weighted by Gasteiger charge is 2.20. The number of nitrogens with zero attached hydrogens (tertiary/aromatic N) is 3. The lowest BCUT2D eigenvalue weighted by Gasteiger charge is -2.03. The van der Waals surface area contributed by atoms with Crippen molar-refractivity contribution in [2.75, 3.05) is 6.61 Å². The van der Waals surface area contributed by atoms with E-state index in [4.69, 9.17) is 4.74 Å². The number of aryl methyl sites for hydroxylation is 2. The van der Waals surface area contributed by atoms with Crippen molar-refractivity contribution in [2.45, 2.75) is 13.8 Å². The number of ether oxygens (including phenoxy) is 1. The van der Waals surface area contributed by atoms with E-state index in [1.54, 1.807) is 37.5 Å². The zero-order valence-electron chi connectivity index (χ0n) is 13.7. The van der Waals surface area contributed by atoms with Gasteiger partial charge in [0.05, 0.1) is 5.69 Å². The van der Waals surface area contributed by atoms with E-state index in [-0.39, 0.29) is 12.4 Å². The summed E-state index contributed by atoms with van der Waals surface area (Å²) >= 11 is 1.15. The second kappa shape index (κ2) is 7.31. The van der Waals surface area contributed by atoms with E-state index in [1.807, 2.05) is 19.1 Å². The number of hydrogen-bond donors (Lipinski definition) is 0. The van der Waals surface area contributed by atoms with Gasteiger partial charge in [-0.25, -0.2) is 19.7 Å². The van der Waals surface area contributed by atoms with E-state index in [2.05, 4.69) is 15.0 Å². The van der Waals surface area contributed by atoms with Crippen LogP contribution in [0.2, 0.25) is 0 Å². The Kier molecular flexibility index (Phi) is 4.95. The van der Waals surface area contributed by atoms with Crippen LogP contribution in [0.1, 0.15) is 31.3 Å². The second-order valence-electron chi connectivity index (χ2n) is 5.37. The van der Waals surface area contributed by atoms with Gasteiger partial charge in [0.1, 0.15) is 4.88 Å². The lowest BCUT2D eigenvalue weighted by molar-refractivity contribution is 0.0478. The van der Waals surface area contributed by atoms with Gasteiger partial charge in [0.25, 0.3) is 0 Å². The Morgan fingerprint density at radius 1 is 1.08 bits per heavy atom. The van der Waals surface area contributed by atoms with Crippen LogP contribution in [0, 0.1) is 13.8 Å². The molecule has 2 heterocycles. The van der Waals surface area contributed by atoms with Crippen molar-refractivity contribution in [3.8, 4) is 10.8 Å². The van der Waals surface area contributed by atoms with Gasteiger partial charge < -0.3 is 4.74 Å². The lowest BCUT2D eigenvalue weighted by Crippen LogP contribution is -2.14. The van der Waals surface area contributed by atoms with Crippen LogP contribution in [-0.2, 0) is 4.74 Å². The van der Waals surface area contributed by atoms with Gasteiger partial charge in [-0.3, -0.25) is 4.79 Å². The average molecular weight is 353 g/mol. The Labute approximate surface area is 148 Å². The maximum atomic E-state index is 12.3. The molecule has 0 spiro atoms. The Morgan fingerprint density at radius 3 is 2.44 bits per heavy atom. The van der Waals surface area contributed by atoms with Crippen LogP contribution in [0.5, 0.6) is 0 Å². The zero-order chi connectivity index (χ0) is 17.8. The summed E-state index contributed by atoms with van der Waals surface area (Å²) in [6.45, 7) is 3.34. The molecule has 3 aromatic rings. The molecule has 0 radical (unpaired) electrons. The molecule has 3 rings (SSSR count). The number of rotatable bonds is 5. The molecule has 126 valence electrons. The molecule has 0 aliphatic rings. The molecule has 0 bridgehead atoms. The number of thiazole rings is 1. The zero-order valence-corrected chi connectivity index (χ0v) is 14.5. The standard InChI is InChI=1S/C18H15N3O3S/c1-11-4-6-13(7-5-11)14(22)10-24-18(23)15-12(2)21-17(25-15)16-19-8-3-9-20-16/h3-9H,10H2,1-2H3. The second-order valence-corrected chi connectivity index (χ2v) is 6.37. The molecule has 0 fully saturated rings. The smallest absolute Gasteiger partial charge is 0.350 e. The Morgan fingerprint density at radius 2 is 1.76 bits per heavy atom. The van der Waals surface area contributed by atoms with E-state index >= 15 is 0 Å². The molecule has 0 atom stereocenters. The van der Waals surface area contributed by atoms with Crippen LogP contribution >= 0.6 is 11.3 Å². The fourth-order valence-electron chi connectivity index (χ4n) is 2.11. The number of carbonyl (C=O) groups is 2. The number of esters is 1. The van der Waals surface area contributed by atoms with Gasteiger partial charge in [-0.1, -0.05) is 29.8 Å². The third-order valence-corrected chi connectivity index (χ3v) is 4.58. The summed E-state index contributed by atoms with van der Waals surface area (Å²) in [6.07, 6.45) is 3.22. The fourth-order valence-corrected chi connectivity index (χ4v) is 3.02. The molecule has 0 unspecified atom stereocenters. The predicted molar refractivity (Wildman–Crippen MR) is 93.7 cm³/mol. The Hall–Kier alpha value is -2.93. The quantitative estimate of drug-likeness (QED) is 0.517. The lowest BCUT2D eigenvalue weighted by atomic mass is 10.1. The van der Waals surface area contributed by atoms with Crippen LogP contribution in [-0.4, -0.2) is 33.3 Å². The van der Waals surface area contributed by atoms with Gasteiger partial charge in [0.15, 0.2) is 23.2 Å². The normalized spacial score (nSPS) is 10.5. The van der Waals surface area contributed by atoms with Gasteiger partial charge >= 0.3 is 5.97 Å². The minimum Gasteiger partial charge on any atom is -0.453 e. The molecular formula is C18H15N3O3S. The molecule has 0 aliphatic carbocycles. The van der Waals surface area contributed by atoms with E-state index in [1.165, 1.54) is 0 Å². The predicted octanol–water partition coefficient (Wildman–Crippen LogP) is 3.26. The van der Waals surface area contributed by atoms with Crippen molar-refractivity contribution in [1.82, 2.24) is 15.0 Å². The van der Waals surface area contributed by atoms with E-state index in [9.17, 15) is 9.59 Å². The highest BCUT2D eigenvalue weighted by molar-refractivity contribution is 7.16. The van der Waals surface area contributed by atoms with Crippen molar-refractivity contribution in [3.63, 3.8) is 0 Å². The highest BCUT2D eigenvalue weighted by atomic mass is 32.1. The fraction of sp³-hybridized carbons (Fsp3) is 0.167. The molecule has 2 aromatic heterocycles. The summed E-state index contributed by atoms with van der Waals surface area (Å²) in [6, 6.07) is 8.82. The van der Waals surface area contributed by atoms with Crippen LogP contribution in [0.25, 0.3) is 10.8 Å². The first-order chi connectivity index (χ1) is 12.0. The first kappa shape index (κ1) is 16.9. The first-order valence-corrected chi connectivity index (χ1v) is 8.38. The molecule has 0 N–H and O–H groups in total. The summed E-state index contributed by atoms with van der Waals surface area (Å²) in [5, 5.41) is 0.537. The summed E-state index contributed by atoms with van der Waals surface area (Å²) in [5.74, 6) is -0.370. The summed E-state index contributed by atoms with van der Waals surface area (Å²) in [5.41, 5.74) is 2.10. The maximum absolute atomic E-state index is 12.3. The van der Waals surface area contributed by atoms with Crippen molar-refractivity contribution in [1.29, 1.82) is 0 Å². The maximum Gasteiger partial charge on any atom is 0.350 e. The van der Waals surface area contributed by atoms with Gasteiger partial charge in [-0.05, 0) is 19.9 Å². The van der Waals surface area contributed by atoms with Crippen molar-refractivity contribution in [2.24, 2.45) is 0 Å². The third kappa shape index (κ3) is 3.95. The molecule has 0 amide bonds. The van der Waals surface area contributed by atoms with Crippen LogP contribution in [0.4, 0.5) is 0 Å². The largest absolute Gasteiger partial charge is 0.453 e. The molecule has 6 nitrogen and oxygen atoms in total. The van der Waals surface area contributed by atoms with Gasteiger partial charge in [-0.2, -0.15) is 0 Å². The summed E-state index contributed by atoms with van der Waals surface area (Å²) < 4.78 is 5.15. The van der Waals surface area contributed by atoms with E-state index in [0.29, 0.717) is 27.0 Å². The summed E-state index contributed by atoms with van der Waals surface area (Å²) in [4.78, 5) is 37.2. The number of carbonyl (C=O) groups excluding carboxylic acids is 2. The number of hydrogen-bond acceptors (Lipinski definition) is 7. The SMILES string of the molecule is Cc1ccc(C(=O)COC(=O)c2sc(-c3ncccn3)nc2C)cc1. The number of ketones is 1. The van der Waals surface area contributed by atoms with E-state index < -0.39 is 5.97 Å². The monoisotopic (exact) mass is 353 g/mol. The summed E-state index contributed by atoms with van der Waals surface area (Å²) in [7, 11) is 0. The number of benzene rings is 1. The van der Waals surface area contributed by atoms with Crippen molar-refractivity contribution < 1.29 is 14.3 Å². The first-order valence-electron chi connectivity index (χ1n) is 7.56. The van der Waals surface area contributed by atoms with Gasteiger partial charge in [0.2, 0.25) is 0 Å². The van der Waals surface area contributed by atoms with Gasteiger partial charge in [-0.15, -0.1) is 11.3 Å². The van der Waals surface area contributed by atoms with Gasteiger partial charge in [0, 0.05) is 18.0 Å². The molecule has 25 heavy (non-hydrogen) atoms. The molecule has 7 heteroatoms. The van der Waals surface area contributed by atoms with Crippen molar-refractivity contribution >= 4 is 23.1 Å². The van der Waals surface area contributed by atoms with Crippen molar-refractivity contribution in [3.05, 3.63) is 64.4 Å².